The summed E-state index contributed by atoms with van der Waals surface area (Å²) in [6.45, 7) is 1.45. The highest BCUT2D eigenvalue weighted by atomic mass is 32.1. The Kier molecular flexibility index (Phi) is 4.30. The number of para-hydroxylation sites is 1. The zero-order chi connectivity index (χ0) is 12.8. The molecule has 0 radical (unpaired) electrons. The number of rotatable bonds is 6. The molecule has 1 heterocycles. The quantitative estimate of drug-likeness (QED) is 0.638. The van der Waals surface area contributed by atoms with Crippen molar-refractivity contribution in [1.29, 1.82) is 0 Å². The molecule has 0 bridgehead atoms. The van der Waals surface area contributed by atoms with E-state index in [1.165, 1.54) is 0 Å². The van der Waals surface area contributed by atoms with Crippen molar-refractivity contribution >= 4 is 17.2 Å². The fraction of sp³-hybridized carbons (Fsp3) is 0.231. The monoisotopic (exact) mass is 261 g/mol. The largest absolute Gasteiger partial charge is 0.493 e. The van der Waals surface area contributed by atoms with E-state index < -0.39 is 0 Å². The summed E-state index contributed by atoms with van der Waals surface area (Å²) >= 11 is 4.98. The topological polar surface area (TPSA) is 53.1 Å². The first kappa shape index (κ1) is 12.6. The van der Waals surface area contributed by atoms with Crippen molar-refractivity contribution in [2.45, 2.75) is 13.0 Å². The van der Waals surface area contributed by atoms with E-state index >= 15 is 0 Å². The fourth-order valence-corrected chi connectivity index (χ4v) is 1.81. The highest BCUT2D eigenvalue weighted by Crippen LogP contribution is 2.17. The maximum Gasteiger partial charge on any atom is 0.129 e. The normalized spacial score (nSPS) is 10.2. The lowest BCUT2D eigenvalue weighted by molar-refractivity contribution is 0.298. The molecule has 0 saturated carbocycles. The third-order valence-corrected chi connectivity index (χ3v) is 2.72. The van der Waals surface area contributed by atoms with Crippen LogP contribution in [0.15, 0.2) is 42.7 Å². The molecule has 0 amide bonds. The van der Waals surface area contributed by atoms with Crippen LogP contribution >= 0.6 is 12.2 Å². The molecule has 0 fully saturated rings. The maximum absolute atomic E-state index is 5.69. The summed E-state index contributed by atoms with van der Waals surface area (Å²) in [6, 6.07) is 9.45. The second-order valence-electron chi connectivity index (χ2n) is 3.83. The summed E-state index contributed by atoms with van der Waals surface area (Å²) in [4.78, 5) is 0.359. The van der Waals surface area contributed by atoms with Crippen LogP contribution in [0, 0.1) is 0 Å². The van der Waals surface area contributed by atoms with Gasteiger partial charge in [-0.3, -0.25) is 4.68 Å². The maximum atomic E-state index is 5.69. The van der Waals surface area contributed by atoms with Gasteiger partial charge in [-0.15, -0.1) is 0 Å². The van der Waals surface area contributed by atoms with Gasteiger partial charge in [0, 0.05) is 25.4 Å². The predicted molar refractivity (Wildman–Crippen MR) is 74.7 cm³/mol. The standard InChI is InChI=1S/C13H15N3OS/c14-13(18)11-5-1-2-6-12(11)17-10-4-9-16-8-3-7-15-16/h1-3,5-8H,4,9-10H2,(H2,14,18). The van der Waals surface area contributed by atoms with Crippen molar-refractivity contribution in [2.75, 3.05) is 6.61 Å². The summed E-state index contributed by atoms with van der Waals surface area (Å²) < 4.78 is 7.57. The molecule has 5 heteroatoms. The van der Waals surface area contributed by atoms with Crippen LogP contribution in [0.5, 0.6) is 5.75 Å². The van der Waals surface area contributed by atoms with Gasteiger partial charge >= 0.3 is 0 Å². The number of hydrogen-bond donors (Lipinski definition) is 1. The van der Waals surface area contributed by atoms with Crippen LogP contribution in [0.1, 0.15) is 12.0 Å². The third kappa shape index (κ3) is 3.30. The molecule has 0 aliphatic rings. The molecular formula is C13H15N3OS. The molecule has 18 heavy (non-hydrogen) atoms. The van der Waals surface area contributed by atoms with E-state index in [4.69, 9.17) is 22.7 Å². The van der Waals surface area contributed by atoms with Crippen molar-refractivity contribution in [1.82, 2.24) is 9.78 Å². The molecular weight excluding hydrogens is 246 g/mol. The lowest BCUT2D eigenvalue weighted by Crippen LogP contribution is -2.12. The molecule has 2 rings (SSSR count). The van der Waals surface area contributed by atoms with Crippen LogP contribution in [0.4, 0.5) is 0 Å². The van der Waals surface area contributed by atoms with Gasteiger partial charge in [-0.2, -0.15) is 5.10 Å². The molecule has 0 spiro atoms. The van der Waals surface area contributed by atoms with Crippen molar-refractivity contribution in [3.8, 4) is 5.75 Å². The first-order chi connectivity index (χ1) is 8.77. The zero-order valence-corrected chi connectivity index (χ0v) is 10.8. The summed E-state index contributed by atoms with van der Waals surface area (Å²) in [5.41, 5.74) is 6.42. The number of nitrogens with two attached hydrogens (primary N) is 1. The Balaban J connectivity index is 1.85. The van der Waals surface area contributed by atoms with Gasteiger partial charge in [0.15, 0.2) is 0 Å². The number of nitrogens with zero attached hydrogens (tertiary/aromatic N) is 2. The van der Waals surface area contributed by atoms with Gasteiger partial charge in [0.1, 0.15) is 10.7 Å². The van der Waals surface area contributed by atoms with E-state index in [1.807, 2.05) is 41.2 Å². The average molecular weight is 261 g/mol. The van der Waals surface area contributed by atoms with Crippen LogP contribution in [0.3, 0.4) is 0 Å². The number of hydrogen-bond acceptors (Lipinski definition) is 3. The molecule has 1 aromatic carbocycles. The molecule has 94 valence electrons. The number of benzene rings is 1. The second-order valence-corrected chi connectivity index (χ2v) is 4.27. The Morgan fingerprint density at radius 3 is 2.89 bits per heavy atom. The van der Waals surface area contributed by atoms with Crippen molar-refractivity contribution < 1.29 is 4.74 Å². The lowest BCUT2D eigenvalue weighted by atomic mass is 10.2. The molecule has 0 atom stereocenters. The number of aryl methyl sites for hydroxylation is 1. The average Bonchev–Trinajstić information content (AvgIpc) is 2.88. The lowest BCUT2D eigenvalue weighted by Gasteiger charge is -2.10. The Bertz CT molecular complexity index is 511. The number of aromatic nitrogens is 2. The first-order valence-electron chi connectivity index (χ1n) is 5.76. The Morgan fingerprint density at radius 1 is 1.33 bits per heavy atom. The van der Waals surface area contributed by atoms with Gasteiger partial charge in [-0.25, -0.2) is 0 Å². The van der Waals surface area contributed by atoms with E-state index in [9.17, 15) is 0 Å². The van der Waals surface area contributed by atoms with Crippen LogP contribution in [-0.2, 0) is 6.54 Å². The molecule has 0 aliphatic heterocycles. The fourth-order valence-electron chi connectivity index (χ4n) is 1.64. The van der Waals surface area contributed by atoms with Gasteiger partial charge in [-0.1, -0.05) is 24.4 Å². The van der Waals surface area contributed by atoms with E-state index in [0.717, 1.165) is 24.3 Å². The third-order valence-electron chi connectivity index (χ3n) is 2.50. The number of thiocarbonyl (C=S) groups is 1. The summed E-state index contributed by atoms with van der Waals surface area (Å²) in [5.74, 6) is 0.741. The minimum Gasteiger partial charge on any atom is -0.493 e. The molecule has 0 saturated heterocycles. The highest BCUT2D eigenvalue weighted by Gasteiger charge is 2.04. The summed E-state index contributed by atoms with van der Waals surface area (Å²) in [7, 11) is 0. The Hall–Kier alpha value is -1.88. The van der Waals surface area contributed by atoms with E-state index in [2.05, 4.69) is 5.10 Å². The molecule has 2 N–H and O–H groups in total. The van der Waals surface area contributed by atoms with Crippen LogP contribution in [-0.4, -0.2) is 21.4 Å². The van der Waals surface area contributed by atoms with Gasteiger partial charge in [-0.05, 0) is 18.2 Å². The Labute approximate surface area is 111 Å². The van der Waals surface area contributed by atoms with Gasteiger partial charge in [0.25, 0.3) is 0 Å². The van der Waals surface area contributed by atoms with Gasteiger partial charge in [0.05, 0.1) is 12.2 Å². The van der Waals surface area contributed by atoms with Gasteiger partial charge < -0.3 is 10.5 Å². The van der Waals surface area contributed by atoms with Crippen molar-refractivity contribution in [3.05, 3.63) is 48.3 Å². The number of ether oxygens (including phenoxy) is 1. The highest BCUT2D eigenvalue weighted by molar-refractivity contribution is 7.80. The van der Waals surface area contributed by atoms with Crippen LogP contribution in [0.2, 0.25) is 0 Å². The van der Waals surface area contributed by atoms with Gasteiger partial charge in [0.2, 0.25) is 0 Å². The predicted octanol–water partition coefficient (Wildman–Crippen LogP) is 1.99. The molecule has 1 aromatic heterocycles. The first-order valence-corrected chi connectivity index (χ1v) is 6.17. The van der Waals surface area contributed by atoms with Crippen LogP contribution < -0.4 is 10.5 Å². The molecule has 4 nitrogen and oxygen atoms in total. The second kappa shape index (κ2) is 6.16. The van der Waals surface area contributed by atoms with E-state index in [0.29, 0.717) is 11.6 Å². The molecule has 0 unspecified atom stereocenters. The smallest absolute Gasteiger partial charge is 0.129 e. The van der Waals surface area contributed by atoms with Crippen LogP contribution in [0.25, 0.3) is 0 Å². The van der Waals surface area contributed by atoms with E-state index in [-0.39, 0.29) is 0 Å². The molecule has 2 aromatic rings. The summed E-state index contributed by atoms with van der Waals surface area (Å²) in [5, 5.41) is 4.13. The van der Waals surface area contributed by atoms with Crippen molar-refractivity contribution in [2.24, 2.45) is 5.73 Å². The molecule has 0 aliphatic carbocycles. The van der Waals surface area contributed by atoms with Crippen molar-refractivity contribution in [3.63, 3.8) is 0 Å². The summed E-state index contributed by atoms with van der Waals surface area (Å²) in [6.07, 6.45) is 4.58. The minimum atomic E-state index is 0.359. The zero-order valence-electron chi connectivity index (χ0n) is 9.95. The minimum absolute atomic E-state index is 0.359. The van der Waals surface area contributed by atoms with E-state index in [1.54, 1.807) is 6.20 Å². The Morgan fingerprint density at radius 2 is 2.17 bits per heavy atom. The SMILES string of the molecule is NC(=S)c1ccccc1OCCCn1cccn1.